The number of fused-ring (bicyclic) bond motifs is 1. The second kappa shape index (κ2) is 10.2. The Morgan fingerprint density at radius 2 is 1.91 bits per heavy atom. The highest BCUT2D eigenvalue weighted by atomic mass is 32.2. The Bertz CT molecular complexity index is 1150. The van der Waals surface area contributed by atoms with Crippen molar-refractivity contribution in [3.8, 4) is 11.5 Å². The van der Waals surface area contributed by atoms with Crippen LogP contribution in [0.5, 0.6) is 11.5 Å². The highest BCUT2D eigenvalue weighted by Gasteiger charge is 2.28. The second-order valence-corrected chi connectivity index (χ2v) is 9.35. The minimum absolute atomic E-state index is 0.168. The van der Waals surface area contributed by atoms with Crippen LogP contribution in [-0.2, 0) is 21.2 Å². The van der Waals surface area contributed by atoms with Gasteiger partial charge in [-0.2, -0.15) is 4.31 Å². The van der Waals surface area contributed by atoms with Gasteiger partial charge in [0.1, 0.15) is 5.75 Å². The Morgan fingerprint density at radius 1 is 1.18 bits per heavy atom. The molecule has 3 rings (SSSR count). The number of carbonyl (C=O) groups is 1. The standard InChI is InChI=1S/C22H27N3O7S/c1-4-23(5-2)33(29,30)18-9-11-21(20(14-18)25(27)28)32-15-22(26)24-12-6-7-16-13-17(31-3)8-10-19(16)24/h8-11,13-14H,4-7,12,15H2,1-3H3. The highest BCUT2D eigenvalue weighted by molar-refractivity contribution is 7.89. The second-order valence-electron chi connectivity index (χ2n) is 7.41. The van der Waals surface area contributed by atoms with Gasteiger partial charge in [0, 0.05) is 31.4 Å². The van der Waals surface area contributed by atoms with Crippen LogP contribution >= 0.6 is 0 Å². The third kappa shape index (κ3) is 5.09. The lowest BCUT2D eigenvalue weighted by atomic mass is 10.0. The van der Waals surface area contributed by atoms with Gasteiger partial charge in [0.25, 0.3) is 5.91 Å². The molecular weight excluding hydrogens is 450 g/mol. The number of sulfonamides is 1. The quantitative estimate of drug-likeness (QED) is 0.402. The minimum Gasteiger partial charge on any atom is -0.497 e. The van der Waals surface area contributed by atoms with E-state index in [1.54, 1.807) is 38.0 Å². The molecule has 0 aliphatic carbocycles. The van der Waals surface area contributed by atoms with Crippen molar-refractivity contribution in [1.29, 1.82) is 0 Å². The summed E-state index contributed by atoms with van der Waals surface area (Å²) in [5.74, 6) is 0.184. The summed E-state index contributed by atoms with van der Waals surface area (Å²) in [4.78, 5) is 25.1. The first kappa shape index (κ1) is 24.5. The zero-order valence-electron chi connectivity index (χ0n) is 18.8. The van der Waals surface area contributed by atoms with Crippen molar-refractivity contribution in [3.05, 3.63) is 52.1 Å². The van der Waals surface area contributed by atoms with Gasteiger partial charge in [0.2, 0.25) is 10.0 Å². The lowest BCUT2D eigenvalue weighted by Crippen LogP contribution is -2.38. The Morgan fingerprint density at radius 3 is 2.55 bits per heavy atom. The van der Waals surface area contributed by atoms with Crippen molar-refractivity contribution in [1.82, 2.24) is 4.31 Å². The van der Waals surface area contributed by atoms with Gasteiger partial charge in [-0.1, -0.05) is 13.8 Å². The summed E-state index contributed by atoms with van der Waals surface area (Å²) in [6.07, 6.45) is 1.58. The molecule has 0 radical (unpaired) electrons. The summed E-state index contributed by atoms with van der Waals surface area (Å²) in [7, 11) is -2.30. The largest absolute Gasteiger partial charge is 0.497 e. The van der Waals surface area contributed by atoms with E-state index in [9.17, 15) is 23.3 Å². The summed E-state index contributed by atoms with van der Waals surface area (Å²) >= 11 is 0. The fraction of sp³-hybridized carbons (Fsp3) is 0.409. The summed E-state index contributed by atoms with van der Waals surface area (Å²) < 4.78 is 37.4. The molecule has 0 saturated heterocycles. The molecule has 2 aromatic carbocycles. The molecule has 11 heteroatoms. The molecule has 178 valence electrons. The number of methoxy groups -OCH3 is 1. The molecule has 0 bridgehead atoms. The normalized spacial score (nSPS) is 13.5. The van der Waals surface area contributed by atoms with Crippen LogP contribution in [0.25, 0.3) is 0 Å². The average Bonchev–Trinajstić information content (AvgIpc) is 2.82. The highest BCUT2D eigenvalue weighted by Crippen LogP contribution is 2.33. The van der Waals surface area contributed by atoms with E-state index in [0.717, 1.165) is 30.2 Å². The van der Waals surface area contributed by atoms with Crippen molar-refractivity contribution >= 4 is 27.3 Å². The molecule has 0 spiro atoms. The molecule has 0 unspecified atom stereocenters. The first-order valence-electron chi connectivity index (χ1n) is 10.6. The number of anilines is 1. The molecule has 0 N–H and O–H groups in total. The van der Waals surface area contributed by atoms with Gasteiger partial charge in [0.15, 0.2) is 12.4 Å². The Balaban J connectivity index is 1.81. The third-order valence-electron chi connectivity index (χ3n) is 5.53. The van der Waals surface area contributed by atoms with Gasteiger partial charge in [-0.25, -0.2) is 8.42 Å². The number of nitro benzene ring substituents is 1. The Kier molecular flexibility index (Phi) is 7.54. The molecule has 1 aliphatic heterocycles. The van der Waals surface area contributed by atoms with E-state index in [1.165, 1.54) is 16.4 Å². The SMILES string of the molecule is CCN(CC)S(=O)(=O)c1ccc(OCC(=O)N2CCCc3cc(OC)ccc32)c([N+](=O)[O-])c1. The van der Waals surface area contributed by atoms with Gasteiger partial charge >= 0.3 is 5.69 Å². The van der Waals surface area contributed by atoms with E-state index < -0.39 is 27.2 Å². The Labute approximate surface area is 192 Å². The first-order chi connectivity index (χ1) is 15.7. The van der Waals surface area contributed by atoms with Crippen LogP contribution < -0.4 is 14.4 Å². The van der Waals surface area contributed by atoms with E-state index in [1.807, 2.05) is 6.07 Å². The molecule has 1 aliphatic rings. The molecule has 0 atom stereocenters. The molecule has 33 heavy (non-hydrogen) atoms. The van der Waals surface area contributed by atoms with Crippen LogP contribution in [0.4, 0.5) is 11.4 Å². The lowest BCUT2D eigenvalue weighted by molar-refractivity contribution is -0.386. The van der Waals surface area contributed by atoms with Crippen molar-refractivity contribution in [2.45, 2.75) is 31.6 Å². The summed E-state index contributed by atoms with van der Waals surface area (Å²) in [5, 5.41) is 11.6. The Hall–Kier alpha value is -3.18. The van der Waals surface area contributed by atoms with Gasteiger partial charge in [-0.05, 0) is 48.7 Å². The van der Waals surface area contributed by atoms with E-state index in [-0.39, 0.29) is 29.6 Å². The fourth-order valence-electron chi connectivity index (χ4n) is 3.81. The van der Waals surface area contributed by atoms with E-state index in [2.05, 4.69) is 0 Å². The number of aryl methyl sites for hydroxylation is 1. The number of hydrogen-bond acceptors (Lipinski definition) is 7. The van der Waals surface area contributed by atoms with Crippen LogP contribution in [0.3, 0.4) is 0 Å². The number of rotatable bonds is 9. The zero-order valence-corrected chi connectivity index (χ0v) is 19.6. The van der Waals surface area contributed by atoms with Crippen LogP contribution in [0.15, 0.2) is 41.3 Å². The number of benzene rings is 2. The molecule has 0 fully saturated rings. The predicted octanol–water partition coefficient (Wildman–Crippen LogP) is 2.99. The average molecular weight is 478 g/mol. The maximum Gasteiger partial charge on any atom is 0.312 e. The lowest BCUT2D eigenvalue weighted by Gasteiger charge is -2.29. The molecule has 0 aromatic heterocycles. The topological polar surface area (TPSA) is 119 Å². The van der Waals surface area contributed by atoms with Crippen molar-refractivity contribution in [2.75, 3.05) is 38.3 Å². The third-order valence-corrected chi connectivity index (χ3v) is 7.57. The van der Waals surface area contributed by atoms with Gasteiger partial charge in [-0.3, -0.25) is 14.9 Å². The van der Waals surface area contributed by atoms with Gasteiger partial charge < -0.3 is 14.4 Å². The molecule has 1 amide bonds. The number of carbonyl (C=O) groups excluding carboxylic acids is 1. The molecule has 10 nitrogen and oxygen atoms in total. The molecule has 2 aromatic rings. The molecule has 0 saturated carbocycles. The number of nitro groups is 1. The van der Waals surface area contributed by atoms with E-state index >= 15 is 0 Å². The summed E-state index contributed by atoms with van der Waals surface area (Å²) in [6, 6.07) is 8.90. The minimum atomic E-state index is -3.87. The maximum atomic E-state index is 12.9. The maximum absolute atomic E-state index is 12.9. The van der Waals surface area contributed by atoms with Crippen molar-refractivity contribution < 1.29 is 27.6 Å². The summed E-state index contributed by atoms with van der Waals surface area (Å²) in [6.45, 7) is 3.94. The predicted molar refractivity (Wildman–Crippen MR) is 122 cm³/mol. The number of hydrogen-bond donors (Lipinski definition) is 0. The number of ether oxygens (including phenoxy) is 2. The zero-order chi connectivity index (χ0) is 24.2. The van der Waals surface area contributed by atoms with E-state index in [4.69, 9.17) is 9.47 Å². The van der Waals surface area contributed by atoms with Crippen molar-refractivity contribution in [2.24, 2.45) is 0 Å². The number of nitrogens with zero attached hydrogens (tertiary/aromatic N) is 3. The van der Waals surface area contributed by atoms with E-state index in [0.29, 0.717) is 12.3 Å². The monoisotopic (exact) mass is 477 g/mol. The van der Waals surface area contributed by atoms with Gasteiger partial charge in [0.05, 0.1) is 16.9 Å². The van der Waals surface area contributed by atoms with Gasteiger partial charge in [-0.15, -0.1) is 0 Å². The summed E-state index contributed by atoms with van der Waals surface area (Å²) in [5.41, 5.74) is 1.22. The first-order valence-corrected chi connectivity index (χ1v) is 12.1. The van der Waals surface area contributed by atoms with Crippen LogP contribution in [-0.4, -0.2) is 56.9 Å². The fourth-order valence-corrected chi connectivity index (χ4v) is 5.29. The number of amides is 1. The molecular formula is C22H27N3O7S. The van der Waals surface area contributed by atoms with Crippen molar-refractivity contribution in [3.63, 3.8) is 0 Å². The van der Waals surface area contributed by atoms with Crippen LogP contribution in [0.2, 0.25) is 0 Å². The van der Waals surface area contributed by atoms with Crippen LogP contribution in [0, 0.1) is 10.1 Å². The van der Waals surface area contributed by atoms with Crippen LogP contribution in [0.1, 0.15) is 25.8 Å². The molecule has 1 heterocycles. The smallest absolute Gasteiger partial charge is 0.312 e.